The number of methoxy groups -OCH3 is 1. The van der Waals surface area contributed by atoms with E-state index in [4.69, 9.17) is 4.74 Å². The molecule has 1 aromatic carbocycles. The molecular weight excluding hydrogens is 444 g/mol. The lowest BCUT2D eigenvalue weighted by molar-refractivity contribution is -0.116. The second-order valence-electron chi connectivity index (χ2n) is 10.5. The van der Waals surface area contributed by atoms with Crippen LogP contribution in [0.25, 0.3) is 0 Å². The first-order valence-corrected chi connectivity index (χ1v) is 13.2. The van der Waals surface area contributed by atoms with Crippen LogP contribution in [0.5, 0.6) is 5.75 Å². The summed E-state index contributed by atoms with van der Waals surface area (Å²) in [6.45, 7) is 4.44. The Kier molecular flexibility index (Phi) is 5.28. The number of aromatic amines is 1. The SMILES string of the molecule is COc1ccc2c(c1)CCC1C2CC[C@]2(C)c3[nH]ncc3[C@@H](CCC(=O)Nc3ncc(C)s3)C12. The fourth-order valence-electron chi connectivity index (χ4n) is 7.41. The maximum absolute atomic E-state index is 12.8. The van der Waals surface area contributed by atoms with E-state index in [0.29, 0.717) is 35.2 Å². The van der Waals surface area contributed by atoms with Crippen molar-refractivity contribution in [2.24, 2.45) is 11.8 Å². The third-order valence-corrected chi connectivity index (χ3v) is 9.64. The molecule has 1 fully saturated rings. The molecule has 178 valence electrons. The van der Waals surface area contributed by atoms with E-state index in [-0.39, 0.29) is 11.3 Å². The lowest BCUT2D eigenvalue weighted by Crippen LogP contribution is -2.44. The van der Waals surface area contributed by atoms with Gasteiger partial charge in [-0.25, -0.2) is 4.98 Å². The minimum absolute atomic E-state index is 0.0569. The number of hydrogen-bond acceptors (Lipinski definition) is 5. The van der Waals surface area contributed by atoms with Gasteiger partial charge in [0.1, 0.15) is 5.75 Å². The molecule has 3 unspecified atom stereocenters. The highest BCUT2D eigenvalue weighted by molar-refractivity contribution is 7.15. The van der Waals surface area contributed by atoms with E-state index in [1.54, 1.807) is 13.3 Å². The smallest absolute Gasteiger partial charge is 0.226 e. The van der Waals surface area contributed by atoms with Crippen molar-refractivity contribution in [1.82, 2.24) is 15.2 Å². The zero-order chi connectivity index (χ0) is 23.4. The van der Waals surface area contributed by atoms with Crippen molar-refractivity contribution in [2.75, 3.05) is 12.4 Å². The molecule has 0 radical (unpaired) electrons. The lowest BCUT2D eigenvalue weighted by Gasteiger charge is -2.50. The number of anilines is 1. The fourth-order valence-corrected chi connectivity index (χ4v) is 8.09. The molecule has 34 heavy (non-hydrogen) atoms. The van der Waals surface area contributed by atoms with Crippen molar-refractivity contribution in [3.05, 3.63) is 57.9 Å². The van der Waals surface area contributed by atoms with Gasteiger partial charge in [-0.2, -0.15) is 5.10 Å². The number of nitrogens with one attached hydrogen (secondary N) is 2. The number of ether oxygens (including phenoxy) is 1. The molecule has 6 rings (SSSR count). The van der Waals surface area contributed by atoms with Crippen LogP contribution >= 0.6 is 11.3 Å². The number of aryl methyl sites for hydroxylation is 2. The number of carbonyl (C=O) groups excluding carboxylic acids is 1. The highest BCUT2D eigenvalue weighted by Crippen LogP contribution is 2.64. The third-order valence-electron chi connectivity index (χ3n) is 8.81. The summed E-state index contributed by atoms with van der Waals surface area (Å²) >= 11 is 1.53. The summed E-state index contributed by atoms with van der Waals surface area (Å²) < 4.78 is 5.50. The zero-order valence-corrected chi connectivity index (χ0v) is 20.9. The van der Waals surface area contributed by atoms with Crippen molar-refractivity contribution in [2.45, 2.75) is 69.6 Å². The van der Waals surface area contributed by atoms with Gasteiger partial charge in [0.2, 0.25) is 5.91 Å². The second-order valence-corrected chi connectivity index (χ2v) is 11.8. The van der Waals surface area contributed by atoms with Crippen LogP contribution in [0.4, 0.5) is 5.13 Å². The number of aromatic nitrogens is 3. The van der Waals surface area contributed by atoms with Gasteiger partial charge in [0.15, 0.2) is 5.13 Å². The predicted molar refractivity (Wildman–Crippen MR) is 134 cm³/mol. The Labute approximate surface area is 204 Å². The molecule has 0 saturated heterocycles. The molecule has 1 amide bonds. The Hall–Kier alpha value is -2.67. The maximum atomic E-state index is 12.8. The van der Waals surface area contributed by atoms with Gasteiger partial charge < -0.3 is 10.1 Å². The van der Waals surface area contributed by atoms with Crippen LogP contribution in [-0.4, -0.2) is 28.2 Å². The van der Waals surface area contributed by atoms with E-state index in [2.05, 4.69) is 45.6 Å². The molecule has 0 bridgehead atoms. The van der Waals surface area contributed by atoms with Crippen LogP contribution in [0.3, 0.4) is 0 Å². The van der Waals surface area contributed by atoms with Crippen LogP contribution in [0, 0.1) is 18.8 Å². The topological polar surface area (TPSA) is 79.9 Å². The minimum atomic E-state index is 0.0569. The van der Waals surface area contributed by atoms with Crippen LogP contribution in [0.2, 0.25) is 0 Å². The summed E-state index contributed by atoms with van der Waals surface area (Å²) in [5.74, 6) is 3.10. The number of thiazole rings is 1. The highest BCUT2D eigenvalue weighted by atomic mass is 32.1. The van der Waals surface area contributed by atoms with Gasteiger partial charge in [-0.15, -0.1) is 11.3 Å². The molecule has 0 spiro atoms. The largest absolute Gasteiger partial charge is 0.497 e. The Morgan fingerprint density at radius 1 is 1.29 bits per heavy atom. The number of amides is 1. The van der Waals surface area contributed by atoms with Crippen LogP contribution in [0.1, 0.15) is 78.1 Å². The standard InChI is InChI=1S/C27H32N4O2S/c1-15-13-28-26(34-15)30-23(32)9-8-21-22-14-29-31-25(22)27(2)11-10-19-18-7-5-17(33-3)12-16(18)4-6-20(19)24(21)27/h5,7,12-14,19-21,24H,4,6,8-11H2,1-3H3,(H,29,31)(H,28,30,32)/t19?,20?,21-,24?,27+/m1/s1. The molecule has 5 atom stereocenters. The van der Waals surface area contributed by atoms with Crippen LogP contribution < -0.4 is 10.1 Å². The van der Waals surface area contributed by atoms with Gasteiger partial charge in [0.25, 0.3) is 0 Å². The molecule has 3 aliphatic rings. The van der Waals surface area contributed by atoms with E-state index >= 15 is 0 Å². The molecule has 0 aliphatic heterocycles. The van der Waals surface area contributed by atoms with Crippen molar-refractivity contribution in [1.29, 1.82) is 0 Å². The Balaban J connectivity index is 1.27. The number of benzene rings is 1. The summed E-state index contributed by atoms with van der Waals surface area (Å²) in [6.07, 6.45) is 9.84. The number of hydrogen-bond donors (Lipinski definition) is 2. The molecule has 2 N–H and O–H groups in total. The van der Waals surface area contributed by atoms with Crippen molar-refractivity contribution in [3.63, 3.8) is 0 Å². The van der Waals surface area contributed by atoms with Crippen LogP contribution in [0.15, 0.2) is 30.6 Å². The number of fused-ring (bicyclic) bond motifs is 7. The van der Waals surface area contributed by atoms with Gasteiger partial charge in [-0.1, -0.05) is 13.0 Å². The number of H-pyrrole nitrogens is 1. The molecule has 2 aromatic heterocycles. The number of carbonyl (C=O) groups is 1. The summed E-state index contributed by atoms with van der Waals surface area (Å²) in [7, 11) is 1.75. The van der Waals surface area contributed by atoms with E-state index in [1.807, 2.05) is 13.1 Å². The Morgan fingerprint density at radius 2 is 2.18 bits per heavy atom. The van der Waals surface area contributed by atoms with E-state index in [1.165, 1.54) is 46.6 Å². The molecule has 2 heterocycles. The number of nitrogens with zero attached hydrogens (tertiary/aromatic N) is 2. The van der Waals surface area contributed by atoms with Gasteiger partial charge >= 0.3 is 0 Å². The quantitative estimate of drug-likeness (QED) is 0.494. The van der Waals surface area contributed by atoms with Crippen molar-refractivity contribution >= 4 is 22.4 Å². The average molecular weight is 477 g/mol. The van der Waals surface area contributed by atoms with E-state index in [0.717, 1.165) is 29.9 Å². The molecule has 6 nitrogen and oxygen atoms in total. The minimum Gasteiger partial charge on any atom is -0.497 e. The number of rotatable bonds is 5. The highest BCUT2D eigenvalue weighted by Gasteiger charge is 2.57. The summed E-state index contributed by atoms with van der Waals surface area (Å²) in [4.78, 5) is 18.2. The molecule has 1 saturated carbocycles. The van der Waals surface area contributed by atoms with E-state index in [9.17, 15) is 4.79 Å². The fraction of sp³-hybridized carbons (Fsp3) is 0.519. The molecule has 7 heteroatoms. The Bertz CT molecular complexity index is 1230. The first kappa shape index (κ1) is 21.8. The van der Waals surface area contributed by atoms with Crippen LogP contribution in [-0.2, 0) is 16.6 Å². The predicted octanol–water partition coefficient (Wildman–Crippen LogP) is 5.71. The van der Waals surface area contributed by atoms with Gasteiger partial charge in [0, 0.05) is 28.6 Å². The molecule has 3 aliphatic carbocycles. The Morgan fingerprint density at radius 3 is 2.97 bits per heavy atom. The second kappa shape index (κ2) is 8.22. The monoisotopic (exact) mass is 476 g/mol. The van der Waals surface area contributed by atoms with Gasteiger partial charge in [-0.3, -0.25) is 9.89 Å². The summed E-state index contributed by atoms with van der Waals surface area (Å²) in [5, 5.41) is 11.5. The lowest BCUT2D eigenvalue weighted by atomic mass is 9.53. The normalized spacial score (nSPS) is 29.0. The average Bonchev–Trinajstić information content (AvgIpc) is 3.53. The first-order chi connectivity index (χ1) is 16.5. The van der Waals surface area contributed by atoms with E-state index < -0.39 is 0 Å². The molecular formula is C27H32N4O2S. The summed E-state index contributed by atoms with van der Waals surface area (Å²) in [5.41, 5.74) is 5.73. The zero-order valence-electron chi connectivity index (χ0n) is 20.1. The summed E-state index contributed by atoms with van der Waals surface area (Å²) in [6, 6.07) is 6.67. The molecule has 3 aromatic rings. The third kappa shape index (κ3) is 3.39. The van der Waals surface area contributed by atoms with Gasteiger partial charge in [0.05, 0.1) is 13.3 Å². The first-order valence-electron chi connectivity index (χ1n) is 12.4. The van der Waals surface area contributed by atoms with Gasteiger partial charge in [-0.05, 0) is 91.5 Å². The van der Waals surface area contributed by atoms with Crippen molar-refractivity contribution in [3.8, 4) is 5.75 Å². The van der Waals surface area contributed by atoms with Crippen molar-refractivity contribution < 1.29 is 9.53 Å². The maximum Gasteiger partial charge on any atom is 0.226 e.